The summed E-state index contributed by atoms with van der Waals surface area (Å²) in [6.45, 7) is 0. The predicted molar refractivity (Wildman–Crippen MR) is 84.6 cm³/mol. The number of aliphatic hydroxyl groups excluding tert-OH is 2. The maximum Gasteiger partial charge on any atom is 0.200 e. The van der Waals surface area contributed by atoms with Crippen molar-refractivity contribution in [3.63, 3.8) is 0 Å². The number of rotatable bonds is 1. The lowest BCUT2D eigenvalue weighted by Crippen LogP contribution is -2.38. The largest absolute Gasteiger partial charge is 0.515 e. The average Bonchev–Trinajstić information content (AvgIpc) is 2.58. The van der Waals surface area contributed by atoms with Gasteiger partial charge in [0.1, 0.15) is 0 Å². The van der Waals surface area contributed by atoms with E-state index < -0.39 is 27.3 Å². The van der Waals surface area contributed by atoms with Crippen molar-refractivity contribution in [2.75, 3.05) is 0 Å². The second kappa shape index (κ2) is 5.24. The van der Waals surface area contributed by atoms with Crippen molar-refractivity contribution < 1.29 is 15.0 Å². The summed E-state index contributed by atoms with van der Waals surface area (Å²) in [5.41, 5.74) is -4.34. The highest BCUT2D eigenvalue weighted by Gasteiger charge is 2.21. The average molecular weight is 324 g/mol. The Bertz CT molecular complexity index is 1360. The molecular weight excluding hydrogens is 316 g/mol. The monoisotopic (exact) mass is 324 g/mol. The lowest BCUT2D eigenvalue weighted by atomic mass is 9.93. The maximum atomic E-state index is 12.7. The van der Waals surface area contributed by atoms with Crippen LogP contribution in [0.5, 0.6) is 0 Å². The Hall–Kier alpha value is -3.61. The molecule has 3 aliphatic carbocycles. The Morgan fingerprint density at radius 3 is 2.17 bits per heavy atom. The minimum absolute atomic E-state index is 0.144. The number of carbonyl (C=O) groups excluding carboxylic acids is 1. The van der Waals surface area contributed by atoms with Crippen LogP contribution in [0.1, 0.15) is 10.4 Å². The van der Waals surface area contributed by atoms with Gasteiger partial charge in [0.25, 0.3) is 0 Å². The zero-order valence-electron chi connectivity index (χ0n) is 11.9. The fourth-order valence-corrected chi connectivity index (χ4v) is 2.77. The third-order valence-electron chi connectivity index (χ3n) is 3.88. The Morgan fingerprint density at radius 2 is 1.58 bits per heavy atom. The van der Waals surface area contributed by atoms with Crippen LogP contribution < -0.4 is 32.2 Å². The van der Waals surface area contributed by atoms with E-state index in [1.807, 2.05) is 0 Å². The number of benzene rings is 1. The molecule has 0 saturated heterocycles. The van der Waals surface area contributed by atoms with E-state index in [1.165, 1.54) is 0 Å². The second-order valence-electron chi connectivity index (χ2n) is 5.07. The number of hydrogen-bond acceptors (Lipinski definition) is 7. The number of fused-ring (bicyclic) bond motifs is 1. The highest BCUT2D eigenvalue weighted by Crippen LogP contribution is 2.12. The van der Waals surface area contributed by atoms with Gasteiger partial charge < -0.3 is 10.2 Å². The van der Waals surface area contributed by atoms with Crippen molar-refractivity contribution in [2.24, 2.45) is 0 Å². The summed E-state index contributed by atoms with van der Waals surface area (Å²) in [6.07, 6.45) is 0.996. The molecule has 0 atom stereocenters. The summed E-state index contributed by atoms with van der Waals surface area (Å²) >= 11 is 0. The lowest BCUT2D eigenvalue weighted by molar-refractivity contribution is 0.112. The SMILES string of the molecule is O=Cc1c2c(=O)c3ccc(=O)c(=CO)c=3c(=O)c-2cc(=CO)c1=O. The molecule has 0 fully saturated rings. The molecule has 2 N–H and O–H groups in total. The maximum absolute atomic E-state index is 12.7. The van der Waals surface area contributed by atoms with Gasteiger partial charge in [0.2, 0.25) is 0 Å². The van der Waals surface area contributed by atoms with Crippen LogP contribution in [0.4, 0.5) is 0 Å². The Labute approximate surface area is 131 Å². The Kier molecular flexibility index (Phi) is 3.34. The molecule has 7 heteroatoms. The van der Waals surface area contributed by atoms with E-state index in [9.17, 15) is 29.1 Å². The first-order valence-electron chi connectivity index (χ1n) is 6.67. The van der Waals surface area contributed by atoms with Gasteiger partial charge in [-0.05, 0) is 18.2 Å². The van der Waals surface area contributed by atoms with Crippen LogP contribution in [0.25, 0.3) is 23.7 Å². The number of carbonyl (C=O) groups is 1. The van der Waals surface area contributed by atoms with Gasteiger partial charge in [-0.25, -0.2) is 0 Å². The molecule has 0 aromatic carbocycles. The van der Waals surface area contributed by atoms with E-state index in [2.05, 4.69) is 0 Å². The van der Waals surface area contributed by atoms with Crippen LogP contribution in [-0.2, 0) is 0 Å². The first kappa shape index (κ1) is 15.3. The van der Waals surface area contributed by atoms with Gasteiger partial charge in [0.15, 0.2) is 28.0 Å². The number of aldehydes is 1. The van der Waals surface area contributed by atoms with Gasteiger partial charge in [-0.2, -0.15) is 0 Å². The molecule has 0 aromatic heterocycles. The van der Waals surface area contributed by atoms with E-state index in [4.69, 9.17) is 5.11 Å². The third-order valence-corrected chi connectivity index (χ3v) is 3.88. The smallest absolute Gasteiger partial charge is 0.200 e. The minimum atomic E-state index is -0.884. The van der Waals surface area contributed by atoms with E-state index in [1.54, 1.807) is 0 Å². The summed E-state index contributed by atoms with van der Waals surface area (Å²) in [6, 6.07) is 3.09. The fourth-order valence-electron chi connectivity index (χ4n) is 2.77. The highest BCUT2D eigenvalue weighted by atomic mass is 16.2. The molecular formula is C17H8O7. The molecule has 0 aromatic rings. The topological polar surface area (TPSA) is 126 Å². The molecule has 0 bridgehead atoms. The van der Waals surface area contributed by atoms with Gasteiger partial charge >= 0.3 is 0 Å². The van der Waals surface area contributed by atoms with E-state index in [0.717, 1.165) is 18.2 Å². The lowest BCUT2D eigenvalue weighted by Gasteiger charge is -2.06. The van der Waals surface area contributed by atoms with E-state index in [0.29, 0.717) is 12.5 Å². The van der Waals surface area contributed by atoms with Gasteiger partial charge in [-0.1, -0.05) is 0 Å². The first-order valence-corrected chi connectivity index (χ1v) is 6.67. The van der Waals surface area contributed by atoms with Crippen LogP contribution in [0.3, 0.4) is 0 Å². The predicted octanol–water partition coefficient (Wildman–Crippen LogP) is -1.76. The Balaban J connectivity index is 2.95. The molecule has 3 aliphatic rings. The van der Waals surface area contributed by atoms with Crippen LogP contribution in [0.2, 0.25) is 0 Å². The molecule has 3 rings (SSSR count). The summed E-state index contributed by atoms with van der Waals surface area (Å²) in [5, 5.41) is 17.1. The molecule has 7 nitrogen and oxygen atoms in total. The molecule has 0 spiro atoms. The minimum Gasteiger partial charge on any atom is -0.515 e. The standard InChI is InChI=1S/C17H8O7/c18-4-7-3-9-14(11(6-20)15(7)22)16(23)8-1-2-12(21)10(5-19)13(8)17(9)24/h1-6,18-19H. The molecule has 0 heterocycles. The molecule has 0 saturated carbocycles. The van der Waals surface area contributed by atoms with Crippen molar-refractivity contribution in [1.82, 2.24) is 0 Å². The van der Waals surface area contributed by atoms with Crippen molar-refractivity contribution >= 4 is 18.8 Å². The van der Waals surface area contributed by atoms with Gasteiger partial charge in [0, 0.05) is 21.6 Å². The van der Waals surface area contributed by atoms with Crippen molar-refractivity contribution in [2.45, 2.75) is 0 Å². The Morgan fingerprint density at radius 1 is 0.875 bits per heavy atom. The van der Waals surface area contributed by atoms with Gasteiger partial charge in [-0.3, -0.25) is 24.0 Å². The van der Waals surface area contributed by atoms with E-state index in [-0.39, 0.29) is 38.3 Å². The van der Waals surface area contributed by atoms with Gasteiger partial charge in [0.05, 0.1) is 28.5 Å². The van der Waals surface area contributed by atoms with Crippen LogP contribution in [-0.4, -0.2) is 16.5 Å². The molecule has 0 unspecified atom stereocenters. The van der Waals surface area contributed by atoms with Crippen LogP contribution >= 0.6 is 0 Å². The first-order chi connectivity index (χ1) is 11.5. The summed E-state index contributed by atoms with van der Waals surface area (Å²) in [4.78, 5) is 60.4. The summed E-state index contributed by atoms with van der Waals surface area (Å²) < 4.78 is 0. The number of hydrogen-bond donors (Lipinski definition) is 2. The summed E-state index contributed by atoms with van der Waals surface area (Å²) in [7, 11) is 0. The molecule has 0 aliphatic heterocycles. The van der Waals surface area contributed by atoms with Crippen LogP contribution in [0.15, 0.2) is 37.4 Å². The van der Waals surface area contributed by atoms with Crippen molar-refractivity contribution in [3.05, 3.63) is 85.5 Å². The fraction of sp³-hybridized carbons (Fsp3) is 0. The van der Waals surface area contributed by atoms with Crippen molar-refractivity contribution in [1.29, 1.82) is 0 Å². The molecule has 0 amide bonds. The van der Waals surface area contributed by atoms with Crippen molar-refractivity contribution in [3.8, 4) is 11.1 Å². The zero-order chi connectivity index (χ0) is 17.6. The van der Waals surface area contributed by atoms with Gasteiger partial charge in [-0.15, -0.1) is 0 Å². The summed E-state index contributed by atoms with van der Waals surface area (Å²) in [5.74, 6) is 0. The quantitative estimate of drug-likeness (QED) is 0.508. The molecule has 0 radical (unpaired) electrons. The van der Waals surface area contributed by atoms with Crippen LogP contribution in [0, 0.1) is 10.4 Å². The highest BCUT2D eigenvalue weighted by molar-refractivity contribution is 5.88. The zero-order valence-corrected chi connectivity index (χ0v) is 11.9. The second-order valence-corrected chi connectivity index (χ2v) is 5.07. The third kappa shape index (κ3) is 1.81. The number of aliphatic hydroxyl groups is 2. The normalized spacial score (nSPS) is 13.0. The molecule has 118 valence electrons. The van der Waals surface area contributed by atoms with E-state index >= 15 is 0 Å². The molecule has 24 heavy (non-hydrogen) atoms.